The summed E-state index contributed by atoms with van der Waals surface area (Å²) in [6, 6.07) is 0. The van der Waals surface area contributed by atoms with E-state index in [4.69, 9.17) is 14.6 Å². The van der Waals surface area contributed by atoms with E-state index in [9.17, 15) is 14.7 Å². The number of carbonyl (C=O) groups is 2. The van der Waals surface area contributed by atoms with Crippen molar-refractivity contribution in [2.75, 3.05) is 6.61 Å². The van der Waals surface area contributed by atoms with Gasteiger partial charge in [-0.2, -0.15) is 0 Å². The second kappa shape index (κ2) is 8.56. The molecule has 20 heavy (non-hydrogen) atoms. The van der Waals surface area contributed by atoms with Crippen molar-refractivity contribution >= 4 is 11.9 Å². The van der Waals surface area contributed by atoms with Gasteiger partial charge >= 0.3 is 17.9 Å². The van der Waals surface area contributed by atoms with Crippen molar-refractivity contribution in [3.8, 4) is 11.8 Å². The summed E-state index contributed by atoms with van der Waals surface area (Å²) in [5.41, 5.74) is 0. The molecule has 0 bridgehead atoms. The highest BCUT2D eigenvalue weighted by molar-refractivity contribution is 5.72. The monoisotopic (exact) mass is 284 g/mol. The van der Waals surface area contributed by atoms with E-state index in [1.54, 1.807) is 0 Å². The molecule has 1 fully saturated rings. The molecule has 0 aromatic rings. The number of cyclic esters (lactones) is 2. The number of hydrogen-bond acceptors (Lipinski definition) is 6. The SMILES string of the molecule is O=C1CCCCCCCCC(=O)OC(O)(C#CCO)O1. The molecular formula is C14H20O6. The lowest BCUT2D eigenvalue weighted by molar-refractivity contribution is -0.290. The van der Waals surface area contributed by atoms with Gasteiger partial charge in [-0.1, -0.05) is 31.6 Å². The van der Waals surface area contributed by atoms with Crippen LogP contribution in [0.25, 0.3) is 0 Å². The number of ether oxygens (including phenoxy) is 2. The van der Waals surface area contributed by atoms with Crippen LogP contribution in [0, 0.1) is 11.8 Å². The first-order valence-corrected chi connectivity index (χ1v) is 6.83. The number of esters is 2. The van der Waals surface area contributed by atoms with Crippen molar-refractivity contribution in [3.63, 3.8) is 0 Å². The number of rotatable bonds is 0. The Morgan fingerprint density at radius 1 is 0.950 bits per heavy atom. The third kappa shape index (κ3) is 6.55. The minimum Gasteiger partial charge on any atom is -0.388 e. The van der Waals surface area contributed by atoms with Gasteiger partial charge in [0.05, 0.1) is 0 Å². The Kier molecular flexibility index (Phi) is 7.05. The molecule has 0 aromatic carbocycles. The molecule has 1 heterocycles. The predicted octanol–water partition coefficient (Wildman–Crippen LogP) is 0.849. The standard InChI is InChI=1S/C14H20O6/c15-11-7-10-14(18)19-12(16)8-5-3-1-2-4-6-9-13(17)20-14/h15,18H,1-6,8-9,11H2. The lowest BCUT2D eigenvalue weighted by Crippen LogP contribution is -2.38. The molecule has 112 valence electrons. The van der Waals surface area contributed by atoms with Gasteiger partial charge in [0, 0.05) is 18.8 Å². The molecular weight excluding hydrogens is 264 g/mol. The summed E-state index contributed by atoms with van der Waals surface area (Å²) < 4.78 is 9.43. The Hall–Kier alpha value is -1.58. The summed E-state index contributed by atoms with van der Waals surface area (Å²) in [4.78, 5) is 23.1. The van der Waals surface area contributed by atoms with Crippen LogP contribution >= 0.6 is 0 Å². The van der Waals surface area contributed by atoms with Crippen LogP contribution in [0.1, 0.15) is 51.4 Å². The van der Waals surface area contributed by atoms with Crippen molar-refractivity contribution in [3.05, 3.63) is 0 Å². The van der Waals surface area contributed by atoms with Crippen LogP contribution in [0.5, 0.6) is 0 Å². The van der Waals surface area contributed by atoms with Crippen molar-refractivity contribution < 1.29 is 29.3 Å². The third-order valence-electron chi connectivity index (χ3n) is 2.84. The van der Waals surface area contributed by atoms with Crippen LogP contribution in [0.15, 0.2) is 0 Å². The van der Waals surface area contributed by atoms with E-state index >= 15 is 0 Å². The van der Waals surface area contributed by atoms with Gasteiger partial charge in [-0.15, -0.1) is 0 Å². The molecule has 1 saturated heterocycles. The van der Waals surface area contributed by atoms with Crippen molar-refractivity contribution in [2.24, 2.45) is 0 Å². The van der Waals surface area contributed by atoms with Gasteiger partial charge in [-0.25, -0.2) is 0 Å². The fourth-order valence-corrected chi connectivity index (χ4v) is 1.88. The third-order valence-corrected chi connectivity index (χ3v) is 2.84. The van der Waals surface area contributed by atoms with Crippen LogP contribution in [0.3, 0.4) is 0 Å². The molecule has 0 atom stereocenters. The second-order valence-corrected chi connectivity index (χ2v) is 4.61. The Morgan fingerprint density at radius 2 is 1.40 bits per heavy atom. The predicted molar refractivity (Wildman–Crippen MR) is 68.9 cm³/mol. The van der Waals surface area contributed by atoms with Gasteiger partial charge in [0.25, 0.3) is 0 Å². The first-order valence-electron chi connectivity index (χ1n) is 6.83. The highest BCUT2D eigenvalue weighted by Crippen LogP contribution is 2.16. The first-order chi connectivity index (χ1) is 9.56. The molecule has 2 N–H and O–H groups in total. The quantitative estimate of drug-likeness (QED) is 0.506. The molecule has 0 amide bonds. The maximum Gasteiger partial charge on any atom is 0.445 e. The molecule has 1 aliphatic rings. The summed E-state index contributed by atoms with van der Waals surface area (Å²) in [6.07, 6.45) is 5.33. The van der Waals surface area contributed by atoms with E-state index in [1.165, 1.54) is 0 Å². The first kappa shape index (κ1) is 16.5. The Balaban J connectivity index is 2.76. The van der Waals surface area contributed by atoms with E-state index in [-0.39, 0.29) is 12.8 Å². The molecule has 0 unspecified atom stereocenters. The summed E-state index contributed by atoms with van der Waals surface area (Å²) in [5, 5.41) is 18.5. The maximum absolute atomic E-state index is 11.6. The van der Waals surface area contributed by atoms with E-state index in [2.05, 4.69) is 5.92 Å². The summed E-state index contributed by atoms with van der Waals surface area (Å²) in [7, 11) is 0. The van der Waals surface area contributed by atoms with Crippen LogP contribution in [-0.2, 0) is 19.1 Å². The van der Waals surface area contributed by atoms with Crippen LogP contribution in [0.2, 0.25) is 0 Å². The van der Waals surface area contributed by atoms with E-state index in [0.29, 0.717) is 12.8 Å². The van der Waals surface area contributed by atoms with Crippen LogP contribution in [-0.4, -0.2) is 34.7 Å². The van der Waals surface area contributed by atoms with Gasteiger partial charge < -0.3 is 19.7 Å². The van der Waals surface area contributed by atoms with Gasteiger partial charge in [-0.05, 0) is 12.8 Å². The van der Waals surface area contributed by atoms with Gasteiger partial charge in [0.1, 0.15) is 6.61 Å². The largest absolute Gasteiger partial charge is 0.445 e. The van der Waals surface area contributed by atoms with E-state index in [0.717, 1.165) is 25.7 Å². The zero-order valence-electron chi connectivity index (χ0n) is 11.4. The Bertz CT molecular complexity index is 368. The summed E-state index contributed by atoms with van der Waals surface area (Å²) in [6.45, 7) is -0.544. The average Bonchev–Trinajstić information content (AvgIpc) is 2.39. The average molecular weight is 284 g/mol. The molecule has 6 nitrogen and oxygen atoms in total. The second-order valence-electron chi connectivity index (χ2n) is 4.61. The van der Waals surface area contributed by atoms with Crippen molar-refractivity contribution in [2.45, 2.75) is 57.3 Å². The lowest BCUT2D eigenvalue weighted by atomic mass is 10.1. The van der Waals surface area contributed by atoms with E-state index < -0.39 is 24.5 Å². The zero-order chi connectivity index (χ0) is 14.8. The molecule has 0 saturated carbocycles. The molecule has 0 aromatic heterocycles. The van der Waals surface area contributed by atoms with Crippen LogP contribution < -0.4 is 0 Å². The minimum absolute atomic E-state index is 0.126. The molecule has 1 aliphatic heterocycles. The normalized spacial score (nSPS) is 21.1. The summed E-state index contributed by atoms with van der Waals surface area (Å²) >= 11 is 0. The van der Waals surface area contributed by atoms with Gasteiger partial charge in [0.2, 0.25) is 0 Å². The number of aliphatic hydroxyl groups excluding tert-OH is 1. The minimum atomic E-state index is -2.61. The fourth-order valence-electron chi connectivity index (χ4n) is 1.88. The topological polar surface area (TPSA) is 93.1 Å². The van der Waals surface area contributed by atoms with Gasteiger partial charge in [0.15, 0.2) is 0 Å². The zero-order valence-corrected chi connectivity index (χ0v) is 11.4. The number of carbonyl (C=O) groups excluding carboxylic acids is 2. The Morgan fingerprint density at radius 3 is 1.85 bits per heavy atom. The van der Waals surface area contributed by atoms with E-state index in [1.807, 2.05) is 5.92 Å². The fraction of sp³-hybridized carbons (Fsp3) is 0.714. The molecule has 0 spiro atoms. The van der Waals surface area contributed by atoms with Crippen molar-refractivity contribution in [1.29, 1.82) is 0 Å². The highest BCUT2D eigenvalue weighted by Gasteiger charge is 2.34. The lowest BCUT2D eigenvalue weighted by Gasteiger charge is -2.21. The van der Waals surface area contributed by atoms with Gasteiger partial charge in [-0.3, -0.25) is 9.59 Å². The molecule has 0 aliphatic carbocycles. The number of aliphatic hydroxyl groups is 2. The van der Waals surface area contributed by atoms with Crippen molar-refractivity contribution in [1.82, 2.24) is 0 Å². The molecule has 1 rings (SSSR count). The maximum atomic E-state index is 11.6. The van der Waals surface area contributed by atoms with Crippen LogP contribution in [0.4, 0.5) is 0 Å². The molecule has 0 radical (unpaired) electrons. The number of hydrogen-bond donors (Lipinski definition) is 2. The summed E-state index contributed by atoms with van der Waals surface area (Å²) in [5.74, 6) is 0.188. The molecule has 6 heteroatoms. The smallest absolute Gasteiger partial charge is 0.388 e. The highest BCUT2D eigenvalue weighted by atomic mass is 16.8. The Labute approximate surface area is 118 Å².